The summed E-state index contributed by atoms with van der Waals surface area (Å²) in [5.74, 6) is -0.142. The Hall–Kier alpha value is -1.25. The molecule has 1 saturated carbocycles. The minimum Gasteiger partial charge on any atom is -0.477 e. The molecular weight excluding hydrogens is 202 g/mol. The van der Waals surface area contributed by atoms with Gasteiger partial charge in [-0.05, 0) is 37.3 Å². The predicted octanol–water partition coefficient (Wildman–Crippen LogP) is 3.08. The zero-order chi connectivity index (χ0) is 11.5. The second-order valence-corrected chi connectivity index (χ2v) is 4.81. The van der Waals surface area contributed by atoms with Crippen LogP contribution in [-0.2, 0) is 6.54 Å². The summed E-state index contributed by atoms with van der Waals surface area (Å²) in [5, 5.41) is 9.14. The summed E-state index contributed by atoms with van der Waals surface area (Å²) in [6.45, 7) is 2.73. The maximum Gasteiger partial charge on any atom is 0.352 e. The molecule has 1 fully saturated rings. The molecule has 0 radical (unpaired) electrons. The molecular formula is C13H19NO2. The van der Waals surface area contributed by atoms with Gasteiger partial charge in [-0.25, -0.2) is 4.79 Å². The SMILES string of the molecule is Cc1ccn(CC2CCCCC2)c1C(=O)O. The van der Waals surface area contributed by atoms with Crippen LogP contribution in [0.5, 0.6) is 0 Å². The van der Waals surface area contributed by atoms with Crippen molar-refractivity contribution in [1.82, 2.24) is 4.57 Å². The average molecular weight is 221 g/mol. The van der Waals surface area contributed by atoms with Gasteiger partial charge in [0, 0.05) is 12.7 Å². The number of hydrogen-bond donors (Lipinski definition) is 1. The fraction of sp³-hybridized carbons (Fsp3) is 0.615. The van der Waals surface area contributed by atoms with E-state index in [1.54, 1.807) is 0 Å². The van der Waals surface area contributed by atoms with Crippen LogP contribution in [0.2, 0.25) is 0 Å². The van der Waals surface area contributed by atoms with Crippen LogP contribution in [0.1, 0.15) is 48.2 Å². The number of carbonyl (C=O) groups is 1. The third kappa shape index (κ3) is 2.29. The van der Waals surface area contributed by atoms with Gasteiger partial charge in [0.25, 0.3) is 0 Å². The van der Waals surface area contributed by atoms with Gasteiger partial charge in [0.2, 0.25) is 0 Å². The van der Waals surface area contributed by atoms with E-state index in [1.165, 1.54) is 32.1 Å². The largest absolute Gasteiger partial charge is 0.477 e. The minimum absolute atomic E-state index is 0.463. The van der Waals surface area contributed by atoms with Crippen molar-refractivity contribution >= 4 is 5.97 Å². The predicted molar refractivity (Wildman–Crippen MR) is 62.7 cm³/mol. The van der Waals surface area contributed by atoms with E-state index in [1.807, 2.05) is 23.8 Å². The Kier molecular flexibility index (Phi) is 3.32. The van der Waals surface area contributed by atoms with Gasteiger partial charge in [-0.1, -0.05) is 19.3 Å². The number of hydrogen-bond acceptors (Lipinski definition) is 1. The summed E-state index contributed by atoms with van der Waals surface area (Å²) in [7, 11) is 0. The molecule has 0 spiro atoms. The summed E-state index contributed by atoms with van der Waals surface area (Å²) in [5.41, 5.74) is 1.33. The fourth-order valence-electron chi connectivity index (χ4n) is 2.67. The molecule has 1 aliphatic carbocycles. The van der Waals surface area contributed by atoms with Gasteiger partial charge in [0.05, 0.1) is 0 Å². The third-order valence-electron chi connectivity index (χ3n) is 3.55. The second kappa shape index (κ2) is 4.73. The van der Waals surface area contributed by atoms with Gasteiger partial charge in [-0.2, -0.15) is 0 Å². The molecule has 0 atom stereocenters. The molecule has 0 bridgehead atoms. The Morgan fingerprint density at radius 3 is 2.75 bits per heavy atom. The molecule has 0 unspecified atom stereocenters. The van der Waals surface area contributed by atoms with Crippen molar-refractivity contribution < 1.29 is 9.90 Å². The normalized spacial score (nSPS) is 17.6. The standard InChI is InChI=1S/C13H19NO2/c1-10-7-8-14(12(10)13(15)16)9-11-5-3-2-4-6-11/h7-8,11H,2-6,9H2,1H3,(H,15,16). The Balaban J connectivity index is 2.11. The van der Waals surface area contributed by atoms with Crippen molar-refractivity contribution in [2.75, 3.05) is 0 Å². The van der Waals surface area contributed by atoms with E-state index in [4.69, 9.17) is 5.11 Å². The lowest BCUT2D eigenvalue weighted by atomic mass is 9.89. The van der Waals surface area contributed by atoms with Crippen molar-refractivity contribution in [2.24, 2.45) is 5.92 Å². The number of carboxylic acids is 1. The maximum atomic E-state index is 11.1. The average Bonchev–Trinajstić information content (AvgIpc) is 2.61. The van der Waals surface area contributed by atoms with Gasteiger partial charge < -0.3 is 9.67 Å². The molecule has 1 heterocycles. The first-order chi connectivity index (χ1) is 7.68. The Morgan fingerprint density at radius 1 is 1.44 bits per heavy atom. The Morgan fingerprint density at radius 2 is 2.12 bits per heavy atom. The zero-order valence-electron chi connectivity index (χ0n) is 9.78. The first-order valence-electron chi connectivity index (χ1n) is 6.07. The molecule has 1 aliphatic rings. The van der Waals surface area contributed by atoms with Crippen LogP contribution in [0.3, 0.4) is 0 Å². The fourth-order valence-corrected chi connectivity index (χ4v) is 2.67. The summed E-state index contributed by atoms with van der Waals surface area (Å²) in [6.07, 6.45) is 8.34. The van der Waals surface area contributed by atoms with E-state index >= 15 is 0 Å². The summed E-state index contributed by atoms with van der Waals surface area (Å²) in [4.78, 5) is 11.1. The van der Waals surface area contributed by atoms with Crippen LogP contribution in [0.15, 0.2) is 12.3 Å². The number of rotatable bonds is 3. The highest BCUT2D eigenvalue weighted by molar-refractivity contribution is 5.87. The lowest BCUT2D eigenvalue weighted by Crippen LogP contribution is -2.17. The molecule has 0 aromatic carbocycles. The molecule has 0 amide bonds. The van der Waals surface area contributed by atoms with Crippen molar-refractivity contribution in [3.8, 4) is 0 Å². The second-order valence-electron chi connectivity index (χ2n) is 4.81. The molecule has 3 nitrogen and oxygen atoms in total. The zero-order valence-corrected chi connectivity index (χ0v) is 9.78. The van der Waals surface area contributed by atoms with Crippen molar-refractivity contribution in [3.63, 3.8) is 0 Å². The van der Waals surface area contributed by atoms with Crippen LogP contribution in [-0.4, -0.2) is 15.6 Å². The molecule has 3 heteroatoms. The third-order valence-corrected chi connectivity index (χ3v) is 3.55. The number of carboxylic acid groups (broad SMARTS) is 1. The monoisotopic (exact) mass is 221 g/mol. The minimum atomic E-state index is -0.807. The molecule has 1 N–H and O–H groups in total. The van der Waals surface area contributed by atoms with Gasteiger partial charge in [-0.3, -0.25) is 0 Å². The first-order valence-corrected chi connectivity index (χ1v) is 6.07. The van der Waals surface area contributed by atoms with Crippen LogP contribution in [0.4, 0.5) is 0 Å². The van der Waals surface area contributed by atoms with Crippen LogP contribution < -0.4 is 0 Å². The number of nitrogens with zero attached hydrogens (tertiary/aromatic N) is 1. The van der Waals surface area contributed by atoms with E-state index in [2.05, 4.69) is 0 Å². The molecule has 88 valence electrons. The molecule has 1 aromatic rings. The summed E-state index contributed by atoms with van der Waals surface area (Å²) < 4.78 is 1.91. The quantitative estimate of drug-likeness (QED) is 0.852. The highest BCUT2D eigenvalue weighted by Gasteiger charge is 2.18. The molecule has 0 aliphatic heterocycles. The Labute approximate surface area is 96.1 Å². The number of aryl methyl sites for hydroxylation is 1. The highest BCUT2D eigenvalue weighted by Crippen LogP contribution is 2.26. The van der Waals surface area contributed by atoms with E-state index in [0.717, 1.165) is 12.1 Å². The van der Waals surface area contributed by atoms with Crippen LogP contribution in [0, 0.1) is 12.8 Å². The highest BCUT2D eigenvalue weighted by atomic mass is 16.4. The van der Waals surface area contributed by atoms with E-state index in [0.29, 0.717) is 11.6 Å². The topological polar surface area (TPSA) is 42.2 Å². The van der Waals surface area contributed by atoms with Crippen LogP contribution in [0.25, 0.3) is 0 Å². The molecule has 0 saturated heterocycles. The van der Waals surface area contributed by atoms with Crippen LogP contribution >= 0.6 is 0 Å². The number of aromatic nitrogens is 1. The number of aromatic carboxylic acids is 1. The van der Waals surface area contributed by atoms with Crippen molar-refractivity contribution in [3.05, 3.63) is 23.5 Å². The molecule has 16 heavy (non-hydrogen) atoms. The van der Waals surface area contributed by atoms with E-state index in [-0.39, 0.29) is 0 Å². The van der Waals surface area contributed by atoms with Crippen molar-refractivity contribution in [2.45, 2.75) is 45.6 Å². The lowest BCUT2D eigenvalue weighted by Gasteiger charge is -2.22. The lowest BCUT2D eigenvalue weighted by molar-refractivity contribution is 0.0682. The van der Waals surface area contributed by atoms with Gasteiger partial charge in [-0.15, -0.1) is 0 Å². The van der Waals surface area contributed by atoms with Crippen molar-refractivity contribution in [1.29, 1.82) is 0 Å². The first kappa shape index (κ1) is 11.2. The molecule has 2 rings (SSSR count). The van der Waals surface area contributed by atoms with Gasteiger partial charge in [0.15, 0.2) is 0 Å². The maximum absolute atomic E-state index is 11.1. The van der Waals surface area contributed by atoms with E-state index < -0.39 is 5.97 Å². The smallest absolute Gasteiger partial charge is 0.352 e. The van der Waals surface area contributed by atoms with Gasteiger partial charge in [0.1, 0.15) is 5.69 Å². The summed E-state index contributed by atoms with van der Waals surface area (Å²) >= 11 is 0. The van der Waals surface area contributed by atoms with E-state index in [9.17, 15) is 4.79 Å². The van der Waals surface area contributed by atoms with Gasteiger partial charge >= 0.3 is 5.97 Å². The molecule has 1 aromatic heterocycles. The Bertz CT molecular complexity index is 375. The summed E-state index contributed by atoms with van der Waals surface area (Å²) in [6, 6.07) is 1.90.